The molecule has 0 radical (unpaired) electrons. The summed E-state index contributed by atoms with van der Waals surface area (Å²) in [7, 11) is 0. The smallest absolute Gasteiger partial charge is 0.337 e. The molecule has 0 aromatic carbocycles. The van der Waals surface area contributed by atoms with Crippen LogP contribution < -0.4 is 5.73 Å². The maximum Gasteiger partial charge on any atom is 0.435 e. The number of nitrogens with two attached hydrogens (primary N) is 1. The van der Waals surface area contributed by atoms with Gasteiger partial charge < -0.3 is 10.3 Å². The zero-order chi connectivity index (χ0) is 14.4. The third kappa shape index (κ3) is 2.28. The molecule has 0 bridgehead atoms. The molecule has 2 aromatic rings. The van der Waals surface area contributed by atoms with Gasteiger partial charge in [0.05, 0.1) is 5.54 Å². The second-order valence-corrected chi connectivity index (χ2v) is 4.92. The van der Waals surface area contributed by atoms with Gasteiger partial charge >= 0.3 is 6.18 Å². The number of hydrogen-bond donors (Lipinski definition) is 1. The van der Waals surface area contributed by atoms with Crippen molar-refractivity contribution >= 4 is 0 Å². The van der Waals surface area contributed by atoms with Crippen LogP contribution >= 0.6 is 0 Å². The average Bonchev–Trinajstić information content (AvgIpc) is 2.95. The van der Waals surface area contributed by atoms with Gasteiger partial charge in [-0.15, -0.1) is 0 Å². The van der Waals surface area contributed by atoms with Gasteiger partial charge in [0.25, 0.3) is 0 Å². The number of nitrogens with zero attached hydrogens (tertiary/aromatic N) is 4. The van der Waals surface area contributed by atoms with Gasteiger partial charge in [0.1, 0.15) is 6.54 Å². The summed E-state index contributed by atoms with van der Waals surface area (Å²) in [6, 6.07) is 0.896. The third-order valence-corrected chi connectivity index (χ3v) is 3.39. The Morgan fingerprint density at radius 2 is 2.15 bits per heavy atom. The Kier molecular flexibility index (Phi) is 2.82. The summed E-state index contributed by atoms with van der Waals surface area (Å²) in [5, 5.41) is 7.20. The van der Waals surface area contributed by atoms with E-state index in [2.05, 4.69) is 15.2 Å². The summed E-state index contributed by atoms with van der Waals surface area (Å²) >= 11 is 0. The van der Waals surface area contributed by atoms with Crippen molar-refractivity contribution in [3.8, 4) is 0 Å². The van der Waals surface area contributed by atoms with Crippen LogP contribution in [0.15, 0.2) is 16.8 Å². The lowest BCUT2D eigenvalue weighted by Crippen LogP contribution is -2.44. The Hall–Kier alpha value is -1.90. The molecule has 1 aliphatic rings. The van der Waals surface area contributed by atoms with Crippen LogP contribution in [-0.2, 0) is 18.3 Å². The van der Waals surface area contributed by atoms with Crippen LogP contribution in [0.1, 0.15) is 36.7 Å². The van der Waals surface area contributed by atoms with E-state index in [0.717, 1.165) is 30.0 Å². The van der Waals surface area contributed by atoms with E-state index in [0.29, 0.717) is 5.82 Å². The molecule has 108 valence electrons. The molecule has 0 atom stereocenters. The van der Waals surface area contributed by atoms with Gasteiger partial charge in [-0.2, -0.15) is 23.3 Å². The molecule has 6 nitrogen and oxygen atoms in total. The molecule has 0 aliphatic heterocycles. The monoisotopic (exact) mass is 287 g/mol. The van der Waals surface area contributed by atoms with Gasteiger partial charge in [-0.05, 0) is 25.3 Å². The van der Waals surface area contributed by atoms with E-state index in [9.17, 15) is 13.2 Å². The first-order valence-corrected chi connectivity index (χ1v) is 6.09. The minimum atomic E-state index is -4.46. The van der Waals surface area contributed by atoms with Crippen LogP contribution in [-0.4, -0.2) is 19.9 Å². The molecular formula is C11H12F3N5O. The fourth-order valence-electron chi connectivity index (χ4n) is 2.04. The van der Waals surface area contributed by atoms with Gasteiger partial charge in [0.15, 0.2) is 11.5 Å². The zero-order valence-corrected chi connectivity index (χ0v) is 10.4. The third-order valence-electron chi connectivity index (χ3n) is 3.39. The van der Waals surface area contributed by atoms with E-state index >= 15 is 0 Å². The minimum Gasteiger partial charge on any atom is -0.337 e. The standard InChI is InChI=1S/C11H12F3N5O/c12-11(13,14)7-2-5-19(17-7)6-8-16-9(18-20-8)10(15)3-1-4-10/h2,5H,1,3-4,6,15H2. The largest absolute Gasteiger partial charge is 0.435 e. The summed E-state index contributed by atoms with van der Waals surface area (Å²) in [5.74, 6) is 0.593. The van der Waals surface area contributed by atoms with Crippen molar-refractivity contribution in [3.05, 3.63) is 29.7 Å². The van der Waals surface area contributed by atoms with Gasteiger partial charge in [0.2, 0.25) is 5.89 Å². The first-order chi connectivity index (χ1) is 9.37. The maximum atomic E-state index is 12.4. The molecule has 0 unspecified atom stereocenters. The van der Waals surface area contributed by atoms with Crippen LogP contribution in [0.4, 0.5) is 13.2 Å². The maximum absolute atomic E-state index is 12.4. The average molecular weight is 287 g/mol. The summed E-state index contributed by atoms with van der Waals surface area (Å²) in [4.78, 5) is 4.13. The SMILES string of the molecule is NC1(c2noc(Cn3ccc(C(F)(F)F)n3)n2)CCC1. The van der Waals surface area contributed by atoms with Crippen LogP contribution in [0, 0.1) is 0 Å². The van der Waals surface area contributed by atoms with Crippen LogP contribution in [0.25, 0.3) is 0 Å². The molecule has 3 rings (SSSR count). The Bertz CT molecular complexity index is 614. The molecule has 2 heterocycles. The normalized spacial score (nSPS) is 18.0. The number of rotatable bonds is 3. The van der Waals surface area contributed by atoms with Crippen molar-refractivity contribution in [1.29, 1.82) is 0 Å². The lowest BCUT2D eigenvalue weighted by molar-refractivity contribution is -0.141. The van der Waals surface area contributed by atoms with E-state index in [1.165, 1.54) is 6.20 Å². The lowest BCUT2D eigenvalue weighted by atomic mass is 9.77. The Morgan fingerprint density at radius 3 is 2.70 bits per heavy atom. The van der Waals surface area contributed by atoms with Crippen LogP contribution in [0.3, 0.4) is 0 Å². The lowest BCUT2D eigenvalue weighted by Gasteiger charge is -2.34. The molecule has 2 N–H and O–H groups in total. The van der Waals surface area contributed by atoms with Crippen molar-refractivity contribution < 1.29 is 17.7 Å². The fraction of sp³-hybridized carbons (Fsp3) is 0.545. The highest BCUT2D eigenvalue weighted by Crippen LogP contribution is 2.36. The first kappa shape index (κ1) is 13.1. The molecule has 0 spiro atoms. The van der Waals surface area contributed by atoms with Crippen molar-refractivity contribution in [2.24, 2.45) is 5.73 Å². The van der Waals surface area contributed by atoms with Crippen molar-refractivity contribution in [3.63, 3.8) is 0 Å². The Morgan fingerprint density at radius 1 is 1.40 bits per heavy atom. The zero-order valence-electron chi connectivity index (χ0n) is 10.4. The predicted molar refractivity (Wildman–Crippen MR) is 60.3 cm³/mol. The van der Waals surface area contributed by atoms with Gasteiger partial charge in [-0.25, -0.2) is 0 Å². The highest BCUT2D eigenvalue weighted by atomic mass is 19.4. The molecule has 1 fully saturated rings. The molecular weight excluding hydrogens is 275 g/mol. The molecule has 9 heteroatoms. The van der Waals surface area contributed by atoms with E-state index in [1.807, 2.05) is 0 Å². The topological polar surface area (TPSA) is 82.8 Å². The second-order valence-electron chi connectivity index (χ2n) is 4.92. The van der Waals surface area contributed by atoms with Crippen molar-refractivity contribution in [2.45, 2.75) is 37.5 Å². The van der Waals surface area contributed by atoms with E-state index in [4.69, 9.17) is 10.3 Å². The molecule has 0 amide bonds. The molecule has 20 heavy (non-hydrogen) atoms. The van der Waals surface area contributed by atoms with Gasteiger partial charge in [-0.1, -0.05) is 5.16 Å². The summed E-state index contributed by atoms with van der Waals surface area (Å²) < 4.78 is 43.3. The Labute approximate surface area is 111 Å². The predicted octanol–water partition coefficient (Wildman–Crippen LogP) is 1.67. The molecule has 1 aliphatic carbocycles. The number of hydrogen-bond acceptors (Lipinski definition) is 5. The first-order valence-electron chi connectivity index (χ1n) is 6.09. The summed E-state index contributed by atoms with van der Waals surface area (Å²) in [6.45, 7) is -0.0147. The van der Waals surface area contributed by atoms with Crippen LogP contribution in [0.5, 0.6) is 0 Å². The van der Waals surface area contributed by atoms with Crippen LogP contribution in [0.2, 0.25) is 0 Å². The molecule has 1 saturated carbocycles. The highest BCUT2D eigenvalue weighted by Gasteiger charge is 2.39. The van der Waals surface area contributed by atoms with E-state index in [1.54, 1.807) is 0 Å². The summed E-state index contributed by atoms with van der Waals surface area (Å²) in [5.41, 5.74) is 4.53. The van der Waals surface area contributed by atoms with E-state index in [-0.39, 0.29) is 12.4 Å². The number of aromatic nitrogens is 4. The highest BCUT2D eigenvalue weighted by molar-refractivity contribution is 5.09. The molecule has 0 saturated heterocycles. The van der Waals surface area contributed by atoms with Gasteiger partial charge in [0, 0.05) is 6.20 Å². The van der Waals surface area contributed by atoms with Gasteiger partial charge in [-0.3, -0.25) is 4.68 Å². The van der Waals surface area contributed by atoms with Crippen molar-refractivity contribution in [2.75, 3.05) is 0 Å². The molecule has 2 aromatic heterocycles. The number of halogens is 3. The number of alkyl halides is 3. The summed E-state index contributed by atoms with van der Waals surface area (Å²) in [6.07, 6.45) is -0.668. The second kappa shape index (κ2) is 4.30. The minimum absolute atomic E-state index is 0.0147. The Balaban J connectivity index is 1.73. The quantitative estimate of drug-likeness (QED) is 0.928. The fourth-order valence-corrected chi connectivity index (χ4v) is 2.04. The van der Waals surface area contributed by atoms with Crippen molar-refractivity contribution in [1.82, 2.24) is 19.9 Å². The van der Waals surface area contributed by atoms with E-state index < -0.39 is 17.4 Å².